The molecule has 4 N–H and O–H groups in total. The Hall–Kier alpha value is -4.01. The van der Waals surface area contributed by atoms with Crippen molar-refractivity contribution in [3.05, 3.63) is 59.8 Å². The predicted molar refractivity (Wildman–Crippen MR) is 129 cm³/mol. The van der Waals surface area contributed by atoms with Gasteiger partial charge in [-0.15, -0.1) is 0 Å². The van der Waals surface area contributed by atoms with Gasteiger partial charge in [-0.3, -0.25) is 14.4 Å². The first-order valence-corrected chi connectivity index (χ1v) is 11.0. The van der Waals surface area contributed by atoms with Crippen LogP contribution in [0, 0.1) is 0 Å². The number of benzene rings is 1. The van der Waals surface area contributed by atoms with E-state index in [-0.39, 0.29) is 53.0 Å². The smallest absolute Gasteiger partial charge is 0.266 e. The summed E-state index contributed by atoms with van der Waals surface area (Å²) in [6.07, 6.45) is 4.57. The lowest BCUT2D eigenvalue weighted by Crippen LogP contribution is -2.22. The molecule has 2 amide bonds. The molecule has 0 aliphatic rings. The maximum Gasteiger partial charge on any atom is 0.266 e. The highest BCUT2D eigenvalue weighted by atomic mass is 16.5. The Bertz CT molecular complexity index is 1100. The average molecular weight is 471 g/mol. The van der Waals surface area contributed by atoms with Crippen LogP contribution in [0.2, 0.25) is 0 Å². The number of hydrogen-bond acceptors (Lipinski definition) is 7. The number of fused-ring (bicyclic) bond motifs is 1. The monoisotopic (exact) mass is 470 g/mol. The molecule has 34 heavy (non-hydrogen) atoms. The zero-order valence-electron chi connectivity index (χ0n) is 19.0. The minimum atomic E-state index is -0.801. The normalized spacial score (nSPS) is 10.4. The van der Waals surface area contributed by atoms with Gasteiger partial charge >= 0.3 is 0 Å². The van der Waals surface area contributed by atoms with Crippen LogP contribution < -0.4 is 25.5 Å². The third kappa shape index (κ3) is 7.26. The van der Waals surface area contributed by atoms with Gasteiger partial charge < -0.3 is 30.3 Å². The highest BCUT2D eigenvalue weighted by Crippen LogP contribution is 2.41. The quantitative estimate of drug-likeness (QED) is 0.246. The molecule has 0 atom stereocenters. The van der Waals surface area contributed by atoms with Gasteiger partial charge in [0.2, 0.25) is 23.3 Å². The summed E-state index contributed by atoms with van der Waals surface area (Å²) in [6.45, 7) is 7.83. The van der Waals surface area contributed by atoms with Gasteiger partial charge in [0.15, 0.2) is 11.5 Å². The molecule has 182 valence electrons. The average Bonchev–Trinajstić information content (AvgIpc) is 2.93. The Kier molecular flexibility index (Phi) is 10.4. The van der Waals surface area contributed by atoms with E-state index in [4.69, 9.17) is 9.47 Å². The summed E-state index contributed by atoms with van der Waals surface area (Å²) in [5.41, 5.74) is -0.801. The third-order valence-electron chi connectivity index (χ3n) is 4.88. The predicted octanol–water partition coefficient (Wildman–Crippen LogP) is 2.53. The van der Waals surface area contributed by atoms with Crippen molar-refractivity contribution in [1.29, 1.82) is 0 Å². The fourth-order valence-electron chi connectivity index (χ4n) is 3.09. The molecule has 0 spiro atoms. The van der Waals surface area contributed by atoms with E-state index in [2.05, 4.69) is 23.8 Å². The zero-order chi connectivity index (χ0) is 24.9. The number of amides is 2. The highest BCUT2D eigenvalue weighted by molar-refractivity contribution is 5.94. The van der Waals surface area contributed by atoms with Crippen LogP contribution in [0.5, 0.6) is 23.0 Å². The van der Waals surface area contributed by atoms with Crippen LogP contribution in [0.4, 0.5) is 0 Å². The summed E-state index contributed by atoms with van der Waals surface area (Å²) in [5.74, 6) is -1.87. The molecule has 2 rings (SSSR count). The minimum absolute atomic E-state index is 0.0996. The van der Waals surface area contributed by atoms with Crippen LogP contribution in [0.25, 0.3) is 10.8 Å². The maximum atomic E-state index is 13.0. The molecular weight excluding hydrogens is 440 g/mol. The second kappa shape index (κ2) is 13.5. The van der Waals surface area contributed by atoms with E-state index in [0.717, 1.165) is 0 Å². The van der Waals surface area contributed by atoms with E-state index in [9.17, 15) is 24.6 Å². The molecule has 0 fully saturated rings. The van der Waals surface area contributed by atoms with E-state index in [1.165, 1.54) is 18.2 Å². The third-order valence-corrected chi connectivity index (χ3v) is 4.88. The van der Waals surface area contributed by atoms with Crippen LogP contribution in [0.3, 0.4) is 0 Å². The first kappa shape index (κ1) is 26.2. The summed E-state index contributed by atoms with van der Waals surface area (Å²) in [4.78, 5) is 35.4. The molecule has 0 aromatic heterocycles. The Morgan fingerprint density at radius 1 is 0.794 bits per heavy atom. The topological polar surface area (TPSA) is 134 Å². The van der Waals surface area contributed by atoms with Gasteiger partial charge in [0.1, 0.15) is 0 Å². The highest BCUT2D eigenvalue weighted by Gasteiger charge is 2.21. The van der Waals surface area contributed by atoms with Crippen LogP contribution in [-0.2, 0) is 9.59 Å². The molecule has 0 radical (unpaired) electrons. The van der Waals surface area contributed by atoms with Crippen molar-refractivity contribution >= 4 is 22.6 Å². The van der Waals surface area contributed by atoms with Crippen LogP contribution >= 0.6 is 0 Å². The summed E-state index contributed by atoms with van der Waals surface area (Å²) in [5, 5.41) is 27.1. The number of carbonyl (C=O) groups excluding carboxylic acids is 2. The van der Waals surface area contributed by atoms with Crippen molar-refractivity contribution in [1.82, 2.24) is 10.6 Å². The molecule has 2 aromatic rings. The van der Waals surface area contributed by atoms with Crippen molar-refractivity contribution in [2.24, 2.45) is 0 Å². The van der Waals surface area contributed by atoms with Crippen molar-refractivity contribution in [3.63, 3.8) is 0 Å². The second-order valence-corrected chi connectivity index (χ2v) is 7.33. The molecule has 0 heterocycles. The van der Waals surface area contributed by atoms with Gasteiger partial charge in [0.05, 0.1) is 13.2 Å². The van der Waals surface area contributed by atoms with Gasteiger partial charge in [0.25, 0.3) is 5.43 Å². The maximum absolute atomic E-state index is 13.0. The fourth-order valence-corrected chi connectivity index (χ4v) is 3.09. The van der Waals surface area contributed by atoms with E-state index in [1.807, 2.05) is 0 Å². The van der Waals surface area contributed by atoms with Crippen molar-refractivity contribution in [2.45, 2.75) is 25.7 Å². The second-order valence-electron chi connectivity index (χ2n) is 7.33. The lowest BCUT2D eigenvalue weighted by molar-refractivity contribution is -0.117. The summed E-state index contributed by atoms with van der Waals surface area (Å²) in [7, 11) is 0. The number of carbonyl (C=O) groups is 2. The number of aromatic hydroxyl groups is 2. The summed E-state index contributed by atoms with van der Waals surface area (Å²) >= 11 is 0. The van der Waals surface area contributed by atoms with Gasteiger partial charge in [0, 0.05) is 23.9 Å². The number of unbranched alkanes of at least 4 members (excludes halogenated alkanes) is 2. The lowest BCUT2D eigenvalue weighted by Gasteiger charge is -2.12. The molecule has 0 bridgehead atoms. The van der Waals surface area contributed by atoms with Crippen LogP contribution in [0.1, 0.15) is 25.7 Å². The minimum Gasteiger partial charge on any atom is -0.504 e. The van der Waals surface area contributed by atoms with E-state index in [0.29, 0.717) is 38.8 Å². The molecular formula is C25H30N2O7. The SMILES string of the molecule is C=CC(=O)NCCCCOc1c(OCCCCNC(=O)C=C)c(=O)c(O)c2ccccc2c1O. The first-order valence-electron chi connectivity index (χ1n) is 11.0. The number of rotatable bonds is 14. The fraction of sp³-hybridized carbons (Fsp3) is 0.320. The Balaban J connectivity index is 2.18. The Morgan fingerprint density at radius 2 is 1.26 bits per heavy atom. The van der Waals surface area contributed by atoms with Crippen LogP contribution in [0.15, 0.2) is 54.4 Å². The Labute approximate surface area is 197 Å². The molecule has 2 aromatic carbocycles. The number of hydrogen-bond donors (Lipinski definition) is 4. The molecule has 0 unspecified atom stereocenters. The number of nitrogens with one attached hydrogen (secondary N) is 2. The summed E-state index contributed by atoms with van der Waals surface area (Å²) < 4.78 is 11.4. The van der Waals surface area contributed by atoms with Gasteiger partial charge in [-0.2, -0.15) is 0 Å². The molecule has 0 saturated carbocycles. The van der Waals surface area contributed by atoms with Gasteiger partial charge in [-0.1, -0.05) is 37.4 Å². The van der Waals surface area contributed by atoms with Crippen molar-refractivity contribution in [3.8, 4) is 23.0 Å². The van der Waals surface area contributed by atoms with E-state index in [1.54, 1.807) is 18.2 Å². The molecule has 0 saturated heterocycles. The van der Waals surface area contributed by atoms with Crippen LogP contribution in [-0.4, -0.2) is 48.3 Å². The molecule has 9 nitrogen and oxygen atoms in total. The van der Waals surface area contributed by atoms with Gasteiger partial charge in [-0.05, 0) is 37.8 Å². The first-order chi connectivity index (χ1) is 16.4. The van der Waals surface area contributed by atoms with E-state index < -0.39 is 11.2 Å². The molecule has 9 heteroatoms. The molecule has 0 aliphatic heterocycles. The molecule has 0 aliphatic carbocycles. The summed E-state index contributed by atoms with van der Waals surface area (Å²) in [6, 6.07) is 6.38. The lowest BCUT2D eigenvalue weighted by atomic mass is 10.1. The largest absolute Gasteiger partial charge is 0.504 e. The Morgan fingerprint density at radius 3 is 1.76 bits per heavy atom. The zero-order valence-corrected chi connectivity index (χ0v) is 19.0. The van der Waals surface area contributed by atoms with Crippen molar-refractivity contribution < 1.29 is 29.3 Å². The van der Waals surface area contributed by atoms with Crippen molar-refractivity contribution in [2.75, 3.05) is 26.3 Å². The van der Waals surface area contributed by atoms with E-state index >= 15 is 0 Å². The van der Waals surface area contributed by atoms with Gasteiger partial charge in [-0.25, -0.2) is 0 Å². The number of ether oxygens (including phenoxy) is 2. The standard InChI is InChI=1S/C25H30N2O7/c1-3-19(28)26-13-7-9-15-33-24-22(31)18-12-6-5-11-17(18)21(30)23(32)25(24)34-16-10-8-14-27-20(29)4-2/h3-6,11-12,31H,1-2,7-10,13-16H2,(H,26,28)(H,27,29)(H,30,32).